The summed E-state index contributed by atoms with van der Waals surface area (Å²) in [6, 6.07) is 7.49. The van der Waals surface area contributed by atoms with E-state index < -0.39 is 5.02 Å². The van der Waals surface area contributed by atoms with Crippen LogP contribution in [0.3, 0.4) is 0 Å². The fraction of sp³-hybridized carbons (Fsp3) is 0.417. The second-order valence-electron chi connectivity index (χ2n) is 3.79. The van der Waals surface area contributed by atoms with E-state index in [1.54, 1.807) is 6.07 Å². The Morgan fingerprint density at radius 1 is 1.35 bits per heavy atom. The zero-order valence-electron chi connectivity index (χ0n) is 9.07. The number of carbonyl (C=O) groups is 1. The lowest BCUT2D eigenvalue weighted by Gasteiger charge is -2.13. The first-order valence-electron chi connectivity index (χ1n) is 5.40. The molecule has 0 heterocycles. The number of carbonyl (C=O) groups excluding carboxylic acids is 1. The highest BCUT2D eigenvalue weighted by atomic mass is 35.5. The van der Waals surface area contributed by atoms with Gasteiger partial charge in [-0.1, -0.05) is 35.3 Å². The summed E-state index contributed by atoms with van der Waals surface area (Å²) in [6.07, 6.45) is 2.60. The zero-order valence-corrected chi connectivity index (χ0v) is 11.4. The van der Waals surface area contributed by atoms with E-state index in [-0.39, 0.29) is 5.25 Å². The average molecular weight is 291 g/mol. The first-order chi connectivity index (χ1) is 8.16. The Morgan fingerprint density at radius 2 is 2.12 bits per heavy atom. The lowest BCUT2D eigenvalue weighted by molar-refractivity contribution is -0.116. The van der Waals surface area contributed by atoms with Crippen LogP contribution in [0, 0.1) is 0 Å². The Labute approximate surface area is 115 Å². The molecule has 1 atom stereocenters. The summed E-state index contributed by atoms with van der Waals surface area (Å²) < 4.78 is 5.29. The van der Waals surface area contributed by atoms with E-state index in [9.17, 15) is 4.79 Å². The van der Waals surface area contributed by atoms with Crippen molar-refractivity contribution in [2.45, 2.75) is 34.4 Å². The van der Waals surface area contributed by atoms with Crippen LogP contribution < -0.4 is 4.74 Å². The minimum atomic E-state index is -0.893. The molecule has 1 fully saturated rings. The van der Waals surface area contributed by atoms with Crippen molar-refractivity contribution in [2.75, 3.05) is 0 Å². The van der Waals surface area contributed by atoms with Crippen LogP contribution in [-0.2, 0) is 4.79 Å². The van der Waals surface area contributed by atoms with Gasteiger partial charge < -0.3 is 4.74 Å². The SMILES string of the molecule is O=C1CCCC1Sc1ccccc1OC(Cl)Cl. The molecule has 17 heavy (non-hydrogen) atoms. The number of Topliss-reactive ketones (excluding diaryl/α,β-unsaturated/α-hetero) is 1. The van der Waals surface area contributed by atoms with Gasteiger partial charge in [0.25, 0.3) is 0 Å². The number of rotatable bonds is 4. The molecular formula is C12H12Cl2O2S. The number of ether oxygens (including phenoxy) is 1. The molecule has 1 aromatic carbocycles. The molecule has 2 rings (SSSR count). The lowest BCUT2D eigenvalue weighted by atomic mass is 10.3. The highest BCUT2D eigenvalue weighted by Gasteiger charge is 2.26. The zero-order chi connectivity index (χ0) is 12.3. The Bertz CT molecular complexity index is 409. The van der Waals surface area contributed by atoms with E-state index in [1.165, 1.54) is 11.8 Å². The van der Waals surface area contributed by atoms with Crippen molar-refractivity contribution in [3.63, 3.8) is 0 Å². The molecule has 5 heteroatoms. The highest BCUT2D eigenvalue weighted by molar-refractivity contribution is 8.00. The van der Waals surface area contributed by atoms with E-state index >= 15 is 0 Å². The molecule has 92 valence electrons. The third-order valence-corrected chi connectivity index (χ3v) is 4.14. The molecule has 0 bridgehead atoms. The third kappa shape index (κ3) is 3.54. The van der Waals surface area contributed by atoms with Crippen molar-refractivity contribution in [1.29, 1.82) is 0 Å². The first kappa shape index (κ1) is 13.1. The Morgan fingerprint density at radius 3 is 2.76 bits per heavy atom. The number of alkyl halides is 2. The molecule has 1 aliphatic rings. The minimum Gasteiger partial charge on any atom is -0.460 e. The summed E-state index contributed by atoms with van der Waals surface area (Å²) in [5, 5.41) is -0.847. The standard InChI is InChI=1S/C12H12Cl2O2S/c13-12(14)16-9-5-1-2-6-11(9)17-10-7-3-4-8(10)15/h1-2,5-6,10,12H,3-4,7H2. The summed E-state index contributed by atoms with van der Waals surface area (Å²) >= 11 is 12.7. The number of para-hydroxylation sites is 1. The van der Waals surface area contributed by atoms with E-state index in [4.69, 9.17) is 27.9 Å². The van der Waals surface area contributed by atoms with E-state index in [0.29, 0.717) is 18.0 Å². The summed E-state index contributed by atoms with van der Waals surface area (Å²) in [6.45, 7) is 0. The quantitative estimate of drug-likeness (QED) is 0.783. The van der Waals surface area contributed by atoms with Crippen LogP contribution in [0.25, 0.3) is 0 Å². The monoisotopic (exact) mass is 290 g/mol. The first-order valence-corrected chi connectivity index (χ1v) is 7.15. The fourth-order valence-electron chi connectivity index (χ4n) is 1.80. The largest absolute Gasteiger partial charge is 0.460 e. The second-order valence-corrected chi connectivity index (χ2v) is 6.05. The smallest absolute Gasteiger partial charge is 0.247 e. The molecule has 0 amide bonds. The van der Waals surface area contributed by atoms with Gasteiger partial charge in [-0.2, -0.15) is 0 Å². The highest BCUT2D eigenvalue weighted by Crippen LogP contribution is 2.38. The summed E-state index contributed by atoms with van der Waals surface area (Å²) in [5.74, 6) is 0.949. The molecule has 2 nitrogen and oxygen atoms in total. The molecule has 0 saturated heterocycles. The third-order valence-electron chi connectivity index (χ3n) is 2.58. The maximum atomic E-state index is 11.6. The molecule has 0 aromatic heterocycles. The van der Waals surface area contributed by atoms with Crippen LogP contribution >= 0.6 is 35.0 Å². The number of thioether (sulfide) groups is 1. The van der Waals surface area contributed by atoms with Gasteiger partial charge in [0.15, 0.2) is 0 Å². The van der Waals surface area contributed by atoms with Gasteiger partial charge >= 0.3 is 0 Å². The van der Waals surface area contributed by atoms with Crippen molar-refractivity contribution in [1.82, 2.24) is 0 Å². The molecule has 0 radical (unpaired) electrons. The van der Waals surface area contributed by atoms with Crippen LogP contribution in [-0.4, -0.2) is 16.1 Å². The lowest BCUT2D eigenvalue weighted by Crippen LogP contribution is -2.08. The van der Waals surface area contributed by atoms with Crippen molar-refractivity contribution >= 4 is 40.7 Å². The van der Waals surface area contributed by atoms with Gasteiger partial charge in [0.05, 0.1) is 10.1 Å². The molecule has 0 spiro atoms. The Kier molecular flexibility index (Phi) is 4.60. The second kappa shape index (κ2) is 5.98. The Balaban J connectivity index is 2.11. The van der Waals surface area contributed by atoms with Gasteiger partial charge in [0.2, 0.25) is 5.02 Å². The normalized spacial score (nSPS) is 19.9. The van der Waals surface area contributed by atoms with Crippen molar-refractivity contribution < 1.29 is 9.53 Å². The maximum absolute atomic E-state index is 11.6. The van der Waals surface area contributed by atoms with Crippen LogP contribution in [0.15, 0.2) is 29.2 Å². The molecule has 1 aliphatic carbocycles. The number of hydrogen-bond acceptors (Lipinski definition) is 3. The van der Waals surface area contributed by atoms with Crippen LogP contribution in [0.1, 0.15) is 19.3 Å². The van der Waals surface area contributed by atoms with Crippen molar-refractivity contribution in [3.8, 4) is 5.75 Å². The van der Waals surface area contributed by atoms with Gasteiger partial charge in [-0.25, -0.2) is 0 Å². The number of hydrogen-bond donors (Lipinski definition) is 0. The summed E-state index contributed by atoms with van der Waals surface area (Å²) in [5.41, 5.74) is 0. The van der Waals surface area contributed by atoms with Gasteiger partial charge in [0, 0.05) is 6.42 Å². The maximum Gasteiger partial charge on any atom is 0.247 e. The van der Waals surface area contributed by atoms with Crippen LogP contribution in [0.5, 0.6) is 5.75 Å². The predicted molar refractivity (Wildman–Crippen MR) is 71.1 cm³/mol. The van der Waals surface area contributed by atoms with Crippen LogP contribution in [0.2, 0.25) is 0 Å². The van der Waals surface area contributed by atoms with E-state index in [0.717, 1.165) is 17.7 Å². The molecule has 1 aromatic rings. The van der Waals surface area contributed by atoms with Gasteiger partial charge in [0.1, 0.15) is 11.5 Å². The molecule has 0 aliphatic heterocycles. The summed E-state index contributed by atoms with van der Waals surface area (Å²) in [7, 11) is 0. The minimum absolute atomic E-state index is 0.0452. The Hall–Kier alpha value is -0.380. The average Bonchev–Trinajstić information content (AvgIpc) is 2.67. The number of ketones is 1. The van der Waals surface area contributed by atoms with Gasteiger partial charge in [-0.3, -0.25) is 4.79 Å². The van der Waals surface area contributed by atoms with Gasteiger partial charge in [-0.15, -0.1) is 11.8 Å². The van der Waals surface area contributed by atoms with E-state index in [1.807, 2.05) is 18.2 Å². The summed E-state index contributed by atoms with van der Waals surface area (Å²) in [4.78, 5) is 12.5. The van der Waals surface area contributed by atoms with Crippen LogP contribution in [0.4, 0.5) is 0 Å². The molecule has 0 N–H and O–H groups in total. The predicted octanol–water partition coefficient (Wildman–Crippen LogP) is 4.04. The fourth-order valence-corrected chi connectivity index (χ4v) is 3.22. The number of halogens is 2. The van der Waals surface area contributed by atoms with Crippen molar-refractivity contribution in [2.24, 2.45) is 0 Å². The number of benzene rings is 1. The molecule has 1 unspecified atom stereocenters. The molecule has 1 saturated carbocycles. The topological polar surface area (TPSA) is 26.3 Å². The van der Waals surface area contributed by atoms with Crippen molar-refractivity contribution in [3.05, 3.63) is 24.3 Å². The van der Waals surface area contributed by atoms with E-state index in [2.05, 4.69) is 0 Å². The molecular weight excluding hydrogens is 279 g/mol. The van der Waals surface area contributed by atoms with Gasteiger partial charge in [-0.05, 0) is 25.0 Å².